The summed E-state index contributed by atoms with van der Waals surface area (Å²) in [6.45, 7) is 2.20. The lowest BCUT2D eigenvalue weighted by molar-refractivity contribution is -0.129. The number of rotatable bonds is 15. The van der Waals surface area contributed by atoms with Crippen molar-refractivity contribution in [3.8, 4) is 0 Å². The first-order chi connectivity index (χ1) is 10.7. The number of carbonyl (C=O) groups is 1. The SMILES string of the molecule is CCCCCC[C@@H](O)C/C=C/CCCCCCCC(=O)NO. The molecule has 0 aliphatic rings. The van der Waals surface area contributed by atoms with E-state index in [9.17, 15) is 9.90 Å². The maximum absolute atomic E-state index is 10.8. The highest BCUT2D eigenvalue weighted by molar-refractivity contribution is 5.74. The standard InChI is InChI=1S/C18H35NO3/c1-2-3-4-11-14-17(20)15-12-9-7-5-6-8-10-13-16-18(21)19-22/h9,12,17,20,22H,2-8,10-11,13-16H2,1H3,(H,19,21)/b12-9+/t17-/m1/s1. The molecule has 22 heavy (non-hydrogen) atoms. The molecule has 0 fully saturated rings. The van der Waals surface area contributed by atoms with Crippen LogP contribution in [0.3, 0.4) is 0 Å². The van der Waals surface area contributed by atoms with Crippen LogP contribution in [0.1, 0.15) is 90.4 Å². The zero-order valence-corrected chi connectivity index (χ0v) is 14.2. The van der Waals surface area contributed by atoms with Crippen molar-refractivity contribution in [1.29, 1.82) is 0 Å². The van der Waals surface area contributed by atoms with Gasteiger partial charge in [0.25, 0.3) is 0 Å². The van der Waals surface area contributed by atoms with Crippen molar-refractivity contribution in [2.75, 3.05) is 0 Å². The molecule has 0 radical (unpaired) electrons. The zero-order valence-electron chi connectivity index (χ0n) is 14.2. The van der Waals surface area contributed by atoms with Crippen molar-refractivity contribution >= 4 is 5.91 Å². The Morgan fingerprint density at radius 3 is 2.41 bits per heavy atom. The van der Waals surface area contributed by atoms with Gasteiger partial charge in [-0.3, -0.25) is 10.0 Å². The molecule has 0 aliphatic carbocycles. The van der Waals surface area contributed by atoms with Crippen LogP contribution < -0.4 is 5.48 Å². The van der Waals surface area contributed by atoms with Gasteiger partial charge in [0, 0.05) is 6.42 Å². The molecule has 0 aromatic rings. The van der Waals surface area contributed by atoms with E-state index < -0.39 is 0 Å². The van der Waals surface area contributed by atoms with Gasteiger partial charge in [0.05, 0.1) is 6.10 Å². The molecule has 0 aromatic heterocycles. The largest absolute Gasteiger partial charge is 0.393 e. The average molecular weight is 313 g/mol. The minimum atomic E-state index is -0.295. The monoisotopic (exact) mass is 313 g/mol. The highest BCUT2D eigenvalue weighted by atomic mass is 16.5. The number of hydrogen-bond donors (Lipinski definition) is 3. The molecule has 0 rings (SSSR count). The van der Waals surface area contributed by atoms with Gasteiger partial charge in [-0.05, 0) is 32.1 Å². The molecule has 1 atom stereocenters. The minimum absolute atomic E-state index is 0.175. The Balaban J connectivity index is 3.28. The Bertz CT molecular complexity index is 280. The van der Waals surface area contributed by atoms with Crippen molar-refractivity contribution < 1.29 is 15.1 Å². The van der Waals surface area contributed by atoms with Gasteiger partial charge in [-0.2, -0.15) is 0 Å². The third-order valence-electron chi connectivity index (χ3n) is 3.87. The van der Waals surface area contributed by atoms with Gasteiger partial charge in [0.2, 0.25) is 5.91 Å². The third-order valence-corrected chi connectivity index (χ3v) is 3.87. The number of unbranched alkanes of at least 4 members (excludes halogenated alkanes) is 8. The number of nitrogens with one attached hydrogen (secondary N) is 1. The molecule has 4 nitrogen and oxygen atoms in total. The number of amides is 1. The van der Waals surface area contributed by atoms with Crippen molar-refractivity contribution in [3.05, 3.63) is 12.2 Å². The summed E-state index contributed by atoms with van der Waals surface area (Å²) in [5.41, 5.74) is 1.65. The fourth-order valence-corrected chi connectivity index (χ4v) is 2.43. The molecule has 0 aromatic carbocycles. The van der Waals surface area contributed by atoms with Gasteiger partial charge in [0.15, 0.2) is 0 Å². The molecule has 0 spiro atoms. The van der Waals surface area contributed by atoms with Crippen molar-refractivity contribution in [1.82, 2.24) is 5.48 Å². The Morgan fingerprint density at radius 1 is 1.00 bits per heavy atom. The number of allylic oxidation sites excluding steroid dienone is 1. The van der Waals surface area contributed by atoms with E-state index in [4.69, 9.17) is 5.21 Å². The predicted molar refractivity (Wildman–Crippen MR) is 90.8 cm³/mol. The Hall–Kier alpha value is -0.870. The molecular weight excluding hydrogens is 278 g/mol. The van der Waals surface area contributed by atoms with Crippen molar-refractivity contribution in [3.63, 3.8) is 0 Å². The lowest BCUT2D eigenvalue weighted by Gasteiger charge is -2.07. The molecule has 0 unspecified atom stereocenters. The van der Waals surface area contributed by atoms with Crippen LogP contribution >= 0.6 is 0 Å². The summed E-state index contributed by atoms with van der Waals surface area (Å²) >= 11 is 0. The second-order valence-corrected chi connectivity index (χ2v) is 6.05. The predicted octanol–water partition coefficient (Wildman–Crippen LogP) is 4.50. The van der Waals surface area contributed by atoms with E-state index in [0.29, 0.717) is 6.42 Å². The molecule has 0 saturated carbocycles. The smallest absolute Gasteiger partial charge is 0.243 e. The summed E-state index contributed by atoms with van der Waals surface area (Å²) in [5, 5.41) is 18.2. The molecule has 0 bridgehead atoms. The fourth-order valence-electron chi connectivity index (χ4n) is 2.43. The van der Waals surface area contributed by atoms with E-state index in [1.165, 1.54) is 25.7 Å². The van der Waals surface area contributed by atoms with Gasteiger partial charge >= 0.3 is 0 Å². The van der Waals surface area contributed by atoms with Gasteiger partial charge in [-0.1, -0.05) is 64.0 Å². The molecule has 3 N–H and O–H groups in total. The molecular formula is C18H35NO3. The summed E-state index contributed by atoms with van der Waals surface area (Å²) in [6, 6.07) is 0. The van der Waals surface area contributed by atoms with Crippen LogP contribution in [-0.2, 0) is 4.79 Å². The lowest BCUT2D eigenvalue weighted by atomic mass is 10.1. The Kier molecular flexibility index (Phi) is 15.8. The van der Waals surface area contributed by atoms with E-state index in [-0.39, 0.29) is 12.0 Å². The molecule has 0 saturated heterocycles. The maximum Gasteiger partial charge on any atom is 0.243 e. The van der Waals surface area contributed by atoms with Crippen LogP contribution in [0.5, 0.6) is 0 Å². The van der Waals surface area contributed by atoms with E-state index in [1.807, 2.05) is 0 Å². The molecule has 0 heterocycles. The van der Waals surface area contributed by atoms with Crippen molar-refractivity contribution in [2.24, 2.45) is 0 Å². The maximum atomic E-state index is 10.8. The van der Waals surface area contributed by atoms with Gasteiger partial charge in [-0.15, -0.1) is 0 Å². The van der Waals surface area contributed by atoms with E-state index in [2.05, 4.69) is 19.1 Å². The fraction of sp³-hybridized carbons (Fsp3) is 0.833. The van der Waals surface area contributed by atoms with Gasteiger partial charge in [0.1, 0.15) is 0 Å². The summed E-state index contributed by atoms with van der Waals surface area (Å²) < 4.78 is 0. The van der Waals surface area contributed by atoms with Crippen LogP contribution in [0.15, 0.2) is 12.2 Å². The minimum Gasteiger partial charge on any atom is -0.393 e. The quantitative estimate of drug-likeness (QED) is 0.180. The van der Waals surface area contributed by atoms with E-state index >= 15 is 0 Å². The first-order valence-electron chi connectivity index (χ1n) is 8.96. The first kappa shape index (κ1) is 21.1. The van der Waals surface area contributed by atoms with Crippen molar-refractivity contribution in [2.45, 2.75) is 96.5 Å². The second-order valence-electron chi connectivity index (χ2n) is 6.05. The number of hydroxylamine groups is 1. The van der Waals surface area contributed by atoms with Crippen LogP contribution in [0.2, 0.25) is 0 Å². The average Bonchev–Trinajstić information content (AvgIpc) is 2.53. The first-order valence-corrected chi connectivity index (χ1v) is 8.96. The normalized spacial score (nSPS) is 12.7. The summed E-state index contributed by atoms with van der Waals surface area (Å²) in [5.74, 6) is -0.295. The lowest BCUT2D eigenvalue weighted by Crippen LogP contribution is -2.17. The highest BCUT2D eigenvalue weighted by Gasteiger charge is 2.00. The Morgan fingerprint density at radius 2 is 1.68 bits per heavy atom. The Labute approximate surface area is 136 Å². The molecule has 4 heteroatoms. The van der Waals surface area contributed by atoms with Gasteiger partial charge in [-0.25, -0.2) is 5.48 Å². The topological polar surface area (TPSA) is 69.6 Å². The molecule has 0 aliphatic heterocycles. The third kappa shape index (κ3) is 15.5. The number of aliphatic hydroxyl groups excluding tert-OH is 1. The number of carbonyl (C=O) groups excluding carboxylic acids is 1. The summed E-state index contributed by atoms with van der Waals surface area (Å²) in [4.78, 5) is 10.8. The van der Waals surface area contributed by atoms with Crippen LogP contribution in [0.4, 0.5) is 0 Å². The van der Waals surface area contributed by atoms with Gasteiger partial charge < -0.3 is 5.11 Å². The molecule has 1 amide bonds. The number of aliphatic hydroxyl groups is 1. The van der Waals surface area contributed by atoms with E-state index in [0.717, 1.165) is 51.4 Å². The zero-order chi connectivity index (χ0) is 16.5. The van der Waals surface area contributed by atoms with Crippen LogP contribution in [0.25, 0.3) is 0 Å². The summed E-state index contributed by atoms with van der Waals surface area (Å²) in [7, 11) is 0. The van der Waals surface area contributed by atoms with Crippen LogP contribution in [-0.4, -0.2) is 22.3 Å². The van der Waals surface area contributed by atoms with E-state index in [1.54, 1.807) is 5.48 Å². The second kappa shape index (κ2) is 16.5. The number of hydrogen-bond acceptors (Lipinski definition) is 3. The summed E-state index contributed by atoms with van der Waals surface area (Å²) in [6.07, 6.45) is 17.5. The highest BCUT2D eigenvalue weighted by Crippen LogP contribution is 2.10. The molecule has 130 valence electrons. The van der Waals surface area contributed by atoms with Crippen LogP contribution in [0, 0.1) is 0 Å².